The van der Waals surface area contributed by atoms with Gasteiger partial charge in [-0.25, -0.2) is 0 Å². The van der Waals surface area contributed by atoms with Crippen LogP contribution in [0.25, 0.3) is 0 Å². The van der Waals surface area contributed by atoms with Gasteiger partial charge in [0.05, 0.1) is 19.8 Å². The van der Waals surface area contributed by atoms with E-state index in [1.165, 1.54) is 0 Å². The molecule has 1 saturated heterocycles. The van der Waals surface area contributed by atoms with Crippen LogP contribution in [-0.2, 0) is 14.3 Å². The van der Waals surface area contributed by atoms with Crippen LogP contribution in [0, 0.1) is 5.92 Å². The lowest BCUT2D eigenvalue weighted by atomic mass is 10.1. The molecule has 5 nitrogen and oxygen atoms in total. The SMILES string of the molecule is CC(CCO)CNC(=O)C1COCCO1. The Hall–Kier alpha value is -0.650. The number of rotatable bonds is 5. The zero-order chi connectivity index (χ0) is 11.1. The predicted octanol–water partition coefficient (Wildman–Crippen LogP) is -0.463. The van der Waals surface area contributed by atoms with Crippen molar-refractivity contribution in [2.24, 2.45) is 5.92 Å². The summed E-state index contributed by atoms with van der Waals surface area (Å²) in [6, 6.07) is 0. The molecular weight excluding hydrogens is 198 g/mol. The molecule has 0 aliphatic carbocycles. The summed E-state index contributed by atoms with van der Waals surface area (Å²) in [5.74, 6) is 0.156. The monoisotopic (exact) mass is 217 g/mol. The van der Waals surface area contributed by atoms with Gasteiger partial charge in [0.1, 0.15) is 0 Å². The number of hydrogen-bond acceptors (Lipinski definition) is 4. The normalized spacial score (nSPS) is 23.5. The van der Waals surface area contributed by atoms with Gasteiger partial charge in [0.2, 0.25) is 0 Å². The first-order valence-corrected chi connectivity index (χ1v) is 5.32. The summed E-state index contributed by atoms with van der Waals surface area (Å²) in [7, 11) is 0. The van der Waals surface area contributed by atoms with Crippen molar-refractivity contribution in [3.8, 4) is 0 Å². The highest BCUT2D eigenvalue weighted by Gasteiger charge is 2.22. The second-order valence-corrected chi connectivity index (χ2v) is 3.80. The van der Waals surface area contributed by atoms with E-state index >= 15 is 0 Å². The highest BCUT2D eigenvalue weighted by molar-refractivity contribution is 5.80. The van der Waals surface area contributed by atoms with Gasteiger partial charge < -0.3 is 19.9 Å². The fraction of sp³-hybridized carbons (Fsp3) is 0.900. The molecule has 1 amide bonds. The topological polar surface area (TPSA) is 67.8 Å². The van der Waals surface area contributed by atoms with E-state index in [-0.39, 0.29) is 18.4 Å². The molecule has 1 rings (SSSR count). The molecule has 0 saturated carbocycles. The van der Waals surface area contributed by atoms with Crippen molar-refractivity contribution in [1.82, 2.24) is 5.32 Å². The van der Waals surface area contributed by atoms with Gasteiger partial charge in [-0.3, -0.25) is 4.79 Å². The first-order valence-electron chi connectivity index (χ1n) is 5.32. The first-order chi connectivity index (χ1) is 7.24. The molecule has 5 heteroatoms. The van der Waals surface area contributed by atoms with E-state index in [4.69, 9.17) is 14.6 Å². The molecule has 0 aromatic heterocycles. The van der Waals surface area contributed by atoms with Gasteiger partial charge in [-0.1, -0.05) is 6.92 Å². The van der Waals surface area contributed by atoms with Gasteiger partial charge in [-0.15, -0.1) is 0 Å². The lowest BCUT2D eigenvalue weighted by Gasteiger charge is -2.22. The van der Waals surface area contributed by atoms with E-state index in [1.807, 2.05) is 6.92 Å². The standard InChI is InChI=1S/C10H19NO4/c1-8(2-3-12)6-11-10(13)9-7-14-4-5-15-9/h8-9,12H,2-7H2,1H3,(H,11,13). The quantitative estimate of drug-likeness (QED) is 0.653. The van der Waals surface area contributed by atoms with Gasteiger partial charge in [0.25, 0.3) is 5.91 Å². The molecule has 2 N–H and O–H groups in total. The van der Waals surface area contributed by atoms with Gasteiger partial charge in [0.15, 0.2) is 6.10 Å². The molecule has 0 bridgehead atoms. The van der Waals surface area contributed by atoms with E-state index in [2.05, 4.69) is 5.32 Å². The van der Waals surface area contributed by atoms with Crippen LogP contribution in [0.3, 0.4) is 0 Å². The lowest BCUT2D eigenvalue weighted by molar-refractivity contribution is -0.147. The van der Waals surface area contributed by atoms with Crippen molar-refractivity contribution in [3.63, 3.8) is 0 Å². The third-order valence-corrected chi connectivity index (χ3v) is 2.36. The van der Waals surface area contributed by atoms with Crippen molar-refractivity contribution in [2.45, 2.75) is 19.4 Å². The third-order valence-electron chi connectivity index (χ3n) is 2.36. The molecule has 2 unspecified atom stereocenters. The van der Waals surface area contributed by atoms with Crippen LogP contribution in [0.5, 0.6) is 0 Å². The first kappa shape index (κ1) is 12.4. The molecule has 2 atom stereocenters. The van der Waals surface area contributed by atoms with E-state index in [0.29, 0.717) is 32.8 Å². The van der Waals surface area contributed by atoms with E-state index in [1.54, 1.807) is 0 Å². The number of aliphatic hydroxyl groups is 1. The van der Waals surface area contributed by atoms with Crippen LogP contribution in [0.4, 0.5) is 0 Å². The Kier molecular flexibility index (Phi) is 5.60. The Morgan fingerprint density at radius 3 is 3.00 bits per heavy atom. The van der Waals surface area contributed by atoms with E-state index < -0.39 is 6.10 Å². The van der Waals surface area contributed by atoms with Gasteiger partial charge in [0, 0.05) is 13.2 Å². The molecule has 0 spiro atoms. The summed E-state index contributed by atoms with van der Waals surface area (Å²) in [5.41, 5.74) is 0. The van der Waals surface area contributed by atoms with Gasteiger partial charge in [-0.2, -0.15) is 0 Å². The lowest BCUT2D eigenvalue weighted by Crippen LogP contribution is -2.44. The Morgan fingerprint density at radius 1 is 1.60 bits per heavy atom. The number of carbonyl (C=O) groups is 1. The number of nitrogens with one attached hydrogen (secondary N) is 1. The number of hydrogen-bond donors (Lipinski definition) is 2. The second-order valence-electron chi connectivity index (χ2n) is 3.80. The highest BCUT2D eigenvalue weighted by atomic mass is 16.6. The molecule has 0 radical (unpaired) electrons. The Balaban J connectivity index is 2.16. The van der Waals surface area contributed by atoms with Gasteiger partial charge >= 0.3 is 0 Å². The fourth-order valence-corrected chi connectivity index (χ4v) is 1.35. The maximum atomic E-state index is 11.5. The zero-order valence-corrected chi connectivity index (χ0v) is 9.07. The number of carbonyl (C=O) groups excluding carboxylic acids is 1. The van der Waals surface area contributed by atoms with Crippen molar-refractivity contribution in [1.29, 1.82) is 0 Å². The molecular formula is C10H19NO4. The highest BCUT2D eigenvalue weighted by Crippen LogP contribution is 2.02. The average molecular weight is 217 g/mol. The Morgan fingerprint density at radius 2 is 2.40 bits per heavy atom. The van der Waals surface area contributed by atoms with Crippen LogP contribution >= 0.6 is 0 Å². The molecule has 88 valence electrons. The van der Waals surface area contributed by atoms with Crippen LogP contribution in [-0.4, -0.2) is 50.1 Å². The molecule has 1 aliphatic heterocycles. The summed E-state index contributed by atoms with van der Waals surface area (Å²) >= 11 is 0. The molecule has 0 aromatic carbocycles. The van der Waals surface area contributed by atoms with Crippen LogP contribution < -0.4 is 5.32 Å². The Labute approximate surface area is 89.8 Å². The maximum absolute atomic E-state index is 11.5. The summed E-state index contributed by atoms with van der Waals surface area (Å²) in [6.45, 7) is 4.07. The average Bonchev–Trinajstić information content (AvgIpc) is 2.27. The Bertz CT molecular complexity index is 192. The minimum Gasteiger partial charge on any atom is -0.396 e. The molecule has 1 heterocycles. The number of amides is 1. The van der Waals surface area contributed by atoms with Crippen molar-refractivity contribution >= 4 is 5.91 Å². The van der Waals surface area contributed by atoms with Crippen molar-refractivity contribution in [3.05, 3.63) is 0 Å². The van der Waals surface area contributed by atoms with Crippen molar-refractivity contribution in [2.75, 3.05) is 33.0 Å². The zero-order valence-electron chi connectivity index (χ0n) is 9.07. The maximum Gasteiger partial charge on any atom is 0.251 e. The third kappa shape index (κ3) is 4.59. The van der Waals surface area contributed by atoms with E-state index in [0.717, 1.165) is 0 Å². The summed E-state index contributed by atoms with van der Waals surface area (Å²) in [6.07, 6.45) is 0.225. The van der Waals surface area contributed by atoms with Crippen LogP contribution in [0.2, 0.25) is 0 Å². The largest absolute Gasteiger partial charge is 0.396 e. The predicted molar refractivity (Wildman–Crippen MR) is 54.4 cm³/mol. The second kappa shape index (κ2) is 6.76. The minimum atomic E-state index is -0.472. The number of ether oxygens (including phenoxy) is 2. The summed E-state index contributed by atoms with van der Waals surface area (Å²) < 4.78 is 10.4. The minimum absolute atomic E-state index is 0.125. The van der Waals surface area contributed by atoms with Crippen molar-refractivity contribution < 1.29 is 19.4 Å². The fourth-order valence-electron chi connectivity index (χ4n) is 1.35. The van der Waals surface area contributed by atoms with E-state index in [9.17, 15) is 4.79 Å². The molecule has 15 heavy (non-hydrogen) atoms. The summed E-state index contributed by atoms with van der Waals surface area (Å²) in [4.78, 5) is 11.5. The summed E-state index contributed by atoms with van der Waals surface area (Å²) in [5, 5.41) is 11.5. The number of aliphatic hydroxyl groups excluding tert-OH is 1. The molecule has 0 aromatic rings. The molecule has 1 aliphatic rings. The molecule has 1 fully saturated rings. The smallest absolute Gasteiger partial charge is 0.251 e. The van der Waals surface area contributed by atoms with Crippen LogP contribution in [0.15, 0.2) is 0 Å². The van der Waals surface area contributed by atoms with Gasteiger partial charge in [-0.05, 0) is 12.3 Å². The van der Waals surface area contributed by atoms with Crippen LogP contribution in [0.1, 0.15) is 13.3 Å².